The molecule has 0 amide bonds. The first kappa shape index (κ1) is 25.5. The normalized spacial score (nSPS) is 11.5. The maximum Gasteiger partial charge on any atom is 0.338 e. The van der Waals surface area contributed by atoms with Crippen molar-refractivity contribution in [2.24, 2.45) is 0 Å². The number of esters is 1. The molecular weight excluding hydrogens is 358 g/mol. The van der Waals surface area contributed by atoms with Gasteiger partial charge >= 0.3 is 5.97 Å². The highest BCUT2D eigenvalue weighted by molar-refractivity contribution is 5.93. The summed E-state index contributed by atoms with van der Waals surface area (Å²) in [6.07, 6.45) is 16.3. The molecule has 0 aliphatic rings. The fourth-order valence-corrected chi connectivity index (χ4v) is 3.57. The Morgan fingerprint density at radius 1 is 0.862 bits per heavy atom. The maximum atomic E-state index is 12.4. The first-order valence-electron chi connectivity index (χ1n) is 11.9. The van der Waals surface area contributed by atoms with Crippen LogP contribution in [0, 0.1) is 6.92 Å². The summed E-state index contributed by atoms with van der Waals surface area (Å²) in [5.74, 6) is -0.246. The van der Waals surface area contributed by atoms with Crippen LogP contribution in [0.25, 0.3) is 0 Å². The molecule has 0 bridgehead atoms. The van der Waals surface area contributed by atoms with Gasteiger partial charge in [0.15, 0.2) is 0 Å². The third-order valence-corrected chi connectivity index (χ3v) is 5.30. The summed E-state index contributed by atoms with van der Waals surface area (Å²) < 4.78 is 5.52. The minimum atomic E-state index is -0.470. The molecule has 166 valence electrons. The standard InChI is InChI=1S/C26H45NO2/c1-6-7-8-9-10-11-12-13-14-15-16-17-21-27-24-20-18-19-23(22(24)2)25(28)29-26(3,4)5/h18-20,27H,6-17,21H2,1-5H3. The second kappa shape index (κ2) is 14.5. The predicted octanol–water partition coefficient (Wildman–Crippen LogP) is 8.06. The molecule has 1 aromatic carbocycles. The van der Waals surface area contributed by atoms with Gasteiger partial charge in [-0.05, 0) is 51.8 Å². The molecule has 1 rings (SSSR count). The van der Waals surface area contributed by atoms with Crippen molar-refractivity contribution in [3.8, 4) is 0 Å². The van der Waals surface area contributed by atoms with Gasteiger partial charge in [0.05, 0.1) is 5.56 Å². The number of benzene rings is 1. The van der Waals surface area contributed by atoms with Crippen LogP contribution in [0.5, 0.6) is 0 Å². The summed E-state index contributed by atoms with van der Waals surface area (Å²) in [6, 6.07) is 5.82. The van der Waals surface area contributed by atoms with Crippen LogP contribution in [0.2, 0.25) is 0 Å². The number of hydrogen-bond acceptors (Lipinski definition) is 3. The van der Waals surface area contributed by atoms with Crippen molar-refractivity contribution in [1.82, 2.24) is 0 Å². The minimum absolute atomic E-state index is 0.246. The Kier molecular flexibility index (Phi) is 12.7. The van der Waals surface area contributed by atoms with Gasteiger partial charge in [-0.3, -0.25) is 0 Å². The van der Waals surface area contributed by atoms with Gasteiger partial charge in [0.1, 0.15) is 5.60 Å². The highest BCUT2D eigenvalue weighted by atomic mass is 16.6. The fourth-order valence-electron chi connectivity index (χ4n) is 3.57. The molecule has 0 fully saturated rings. The average Bonchev–Trinajstić information content (AvgIpc) is 2.65. The van der Waals surface area contributed by atoms with Crippen LogP contribution in [-0.4, -0.2) is 18.1 Å². The SMILES string of the molecule is CCCCCCCCCCCCCCNc1cccc(C(=O)OC(C)(C)C)c1C. The van der Waals surface area contributed by atoms with Gasteiger partial charge in [-0.2, -0.15) is 0 Å². The Morgan fingerprint density at radius 3 is 1.90 bits per heavy atom. The Balaban J connectivity index is 2.16. The molecule has 0 aliphatic heterocycles. The van der Waals surface area contributed by atoms with Crippen LogP contribution in [0.1, 0.15) is 121 Å². The molecule has 0 saturated carbocycles. The number of carbonyl (C=O) groups is 1. The lowest BCUT2D eigenvalue weighted by Crippen LogP contribution is -2.24. The van der Waals surface area contributed by atoms with Crippen molar-refractivity contribution < 1.29 is 9.53 Å². The molecule has 0 saturated heterocycles. The zero-order chi connectivity index (χ0) is 21.5. The van der Waals surface area contributed by atoms with Gasteiger partial charge in [0, 0.05) is 12.2 Å². The van der Waals surface area contributed by atoms with Crippen molar-refractivity contribution >= 4 is 11.7 Å². The number of rotatable bonds is 15. The first-order valence-corrected chi connectivity index (χ1v) is 11.9. The summed E-state index contributed by atoms with van der Waals surface area (Å²) in [4.78, 5) is 12.4. The lowest BCUT2D eigenvalue weighted by molar-refractivity contribution is 0.00688. The highest BCUT2D eigenvalue weighted by Gasteiger charge is 2.20. The number of anilines is 1. The molecule has 1 aromatic rings. The van der Waals surface area contributed by atoms with Gasteiger partial charge in [0.25, 0.3) is 0 Å². The molecule has 0 radical (unpaired) electrons. The van der Waals surface area contributed by atoms with Crippen LogP contribution in [0.15, 0.2) is 18.2 Å². The van der Waals surface area contributed by atoms with Gasteiger partial charge in [0.2, 0.25) is 0 Å². The lowest BCUT2D eigenvalue weighted by Gasteiger charge is -2.21. The third kappa shape index (κ3) is 11.9. The highest BCUT2D eigenvalue weighted by Crippen LogP contribution is 2.22. The zero-order valence-corrected chi connectivity index (χ0v) is 19.7. The van der Waals surface area contributed by atoms with Crippen LogP contribution in [0.3, 0.4) is 0 Å². The second-order valence-electron chi connectivity index (χ2n) is 9.30. The van der Waals surface area contributed by atoms with Crippen molar-refractivity contribution in [3.05, 3.63) is 29.3 Å². The maximum absolute atomic E-state index is 12.4. The molecule has 29 heavy (non-hydrogen) atoms. The van der Waals surface area contributed by atoms with Crippen LogP contribution >= 0.6 is 0 Å². The van der Waals surface area contributed by atoms with E-state index in [9.17, 15) is 4.79 Å². The third-order valence-electron chi connectivity index (χ3n) is 5.30. The van der Waals surface area contributed by atoms with Gasteiger partial charge in [-0.15, -0.1) is 0 Å². The summed E-state index contributed by atoms with van der Waals surface area (Å²) in [6.45, 7) is 10.9. The smallest absolute Gasteiger partial charge is 0.338 e. The Hall–Kier alpha value is -1.51. The number of carbonyl (C=O) groups excluding carboxylic acids is 1. The number of unbranched alkanes of at least 4 members (excludes halogenated alkanes) is 11. The van der Waals surface area contributed by atoms with Crippen LogP contribution in [0.4, 0.5) is 5.69 Å². The summed E-state index contributed by atoms with van der Waals surface area (Å²) in [5.41, 5.74) is 2.19. The summed E-state index contributed by atoms with van der Waals surface area (Å²) >= 11 is 0. The van der Waals surface area contributed by atoms with E-state index in [1.165, 1.54) is 77.0 Å². The first-order chi connectivity index (χ1) is 13.8. The molecule has 1 N–H and O–H groups in total. The number of nitrogens with one attached hydrogen (secondary N) is 1. The van der Waals surface area contributed by atoms with Gasteiger partial charge < -0.3 is 10.1 Å². The van der Waals surface area contributed by atoms with E-state index in [2.05, 4.69) is 12.2 Å². The number of ether oxygens (including phenoxy) is 1. The quantitative estimate of drug-likeness (QED) is 0.238. The molecular formula is C26H45NO2. The van der Waals surface area contributed by atoms with E-state index in [1.54, 1.807) is 0 Å². The number of hydrogen-bond donors (Lipinski definition) is 1. The molecule has 0 spiro atoms. The molecule has 3 nitrogen and oxygen atoms in total. The van der Waals surface area contributed by atoms with E-state index >= 15 is 0 Å². The van der Waals surface area contributed by atoms with Crippen molar-refractivity contribution in [1.29, 1.82) is 0 Å². The molecule has 0 aliphatic carbocycles. The van der Waals surface area contributed by atoms with Crippen molar-refractivity contribution in [3.63, 3.8) is 0 Å². The average molecular weight is 404 g/mol. The van der Waals surface area contributed by atoms with E-state index in [4.69, 9.17) is 4.74 Å². The van der Waals surface area contributed by atoms with Gasteiger partial charge in [-0.25, -0.2) is 4.79 Å². The monoisotopic (exact) mass is 403 g/mol. The van der Waals surface area contributed by atoms with E-state index < -0.39 is 5.60 Å². The van der Waals surface area contributed by atoms with Crippen LogP contribution in [-0.2, 0) is 4.74 Å². The van der Waals surface area contributed by atoms with Crippen LogP contribution < -0.4 is 5.32 Å². The van der Waals surface area contributed by atoms with Gasteiger partial charge in [-0.1, -0.05) is 83.6 Å². The Bertz CT molecular complexity index is 575. The fraction of sp³-hybridized carbons (Fsp3) is 0.731. The molecule has 0 unspecified atom stereocenters. The summed E-state index contributed by atoms with van der Waals surface area (Å²) in [7, 11) is 0. The largest absolute Gasteiger partial charge is 0.456 e. The minimum Gasteiger partial charge on any atom is -0.456 e. The van der Waals surface area contributed by atoms with E-state index in [1.807, 2.05) is 45.9 Å². The summed E-state index contributed by atoms with van der Waals surface area (Å²) in [5, 5.41) is 3.50. The van der Waals surface area contributed by atoms with E-state index in [-0.39, 0.29) is 5.97 Å². The molecule has 0 heterocycles. The molecule has 0 atom stereocenters. The lowest BCUT2D eigenvalue weighted by atomic mass is 10.0. The topological polar surface area (TPSA) is 38.3 Å². The Morgan fingerprint density at radius 2 is 1.38 bits per heavy atom. The van der Waals surface area contributed by atoms with Crippen molar-refractivity contribution in [2.45, 2.75) is 117 Å². The molecule has 0 aromatic heterocycles. The van der Waals surface area contributed by atoms with Crippen molar-refractivity contribution in [2.75, 3.05) is 11.9 Å². The Labute approximate surface area is 180 Å². The predicted molar refractivity (Wildman–Crippen MR) is 126 cm³/mol. The van der Waals surface area contributed by atoms with E-state index in [0.717, 1.165) is 17.8 Å². The van der Waals surface area contributed by atoms with E-state index in [0.29, 0.717) is 5.56 Å². The second-order valence-corrected chi connectivity index (χ2v) is 9.30. The molecule has 3 heteroatoms. The zero-order valence-electron chi connectivity index (χ0n) is 19.7.